The van der Waals surface area contributed by atoms with Crippen molar-refractivity contribution in [2.75, 3.05) is 41.3 Å². The van der Waals surface area contributed by atoms with Gasteiger partial charge in [0.25, 0.3) is 0 Å². The van der Waals surface area contributed by atoms with Gasteiger partial charge in [0.2, 0.25) is 5.95 Å². The van der Waals surface area contributed by atoms with Crippen molar-refractivity contribution in [3.8, 4) is 0 Å². The fraction of sp³-hybridized carbons (Fsp3) is 0.565. The minimum absolute atomic E-state index is 0.527. The fourth-order valence-corrected chi connectivity index (χ4v) is 4.46. The largest absolute Gasteiger partial charge is 0.368 e. The van der Waals surface area contributed by atoms with Gasteiger partial charge in [-0.15, -0.1) is 0 Å². The highest BCUT2D eigenvalue weighted by Crippen LogP contribution is 2.25. The molecule has 150 valence electrons. The molecule has 2 aromatic rings. The van der Waals surface area contributed by atoms with E-state index in [2.05, 4.69) is 52.1 Å². The molecule has 0 spiro atoms. The van der Waals surface area contributed by atoms with E-state index in [-0.39, 0.29) is 0 Å². The molecule has 0 atom stereocenters. The second-order valence-corrected chi connectivity index (χ2v) is 8.26. The normalized spacial score (nSPS) is 18.8. The number of benzene rings is 1. The summed E-state index contributed by atoms with van der Waals surface area (Å²) in [6.07, 6.45) is 9.74. The molecule has 2 aliphatic rings. The monoisotopic (exact) mass is 379 g/mol. The number of piperazine rings is 1. The van der Waals surface area contributed by atoms with Crippen LogP contribution in [0.1, 0.15) is 49.7 Å². The van der Waals surface area contributed by atoms with E-state index in [1.54, 1.807) is 0 Å². The van der Waals surface area contributed by atoms with Crippen LogP contribution in [-0.4, -0.2) is 42.2 Å². The molecule has 0 amide bonds. The Kier molecular flexibility index (Phi) is 5.98. The minimum atomic E-state index is 0.527. The van der Waals surface area contributed by atoms with E-state index < -0.39 is 0 Å². The lowest BCUT2D eigenvalue weighted by Crippen LogP contribution is -2.47. The number of anilines is 3. The molecule has 0 radical (unpaired) electrons. The van der Waals surface area contributed by atoms with E-state index >= 15 is 0 Å². The van der Waals surface area contributed by atoms with Crippen LogP contribution >= 0.6 is 0 Å². The highest BCUT2D eigenvalue weighted by molar-refractivity contribution is 5.57. The number of hydrogen-bond acceptors (Lipinski definition) is 5. The first-order valence-corrected chi connectivity index (χ1v) is 10.9. The van der Waals surface area contributed by atoms with Crippen molar-refractivity contribution in [3.63, 3.8) is 0 Å². The molecular formula is C23H33N5. The van der Waals surface area contributed by atoms with E-state index in [0.717, 1.165) is 37.9 Å². The molecule has 1 saturated carbocycles. The molecule has 1 aliphatic carbocycles. The van der Waals surface area contributed by atoms with Gasteiger partial charge in [0.05, 0.1) is 0 Å². The van der Waals surface area contributed by atoms with Crippen molar-refractivity contribution in [2.45, 2.75) is 58.4 Å². The quantitative estimate of drug-likeness (QED) is 0.789. The van der Waals surface area contributed by atoms with Crippen LogP contribution in [-0.2, 0) is 0 Å². The van der Waals surface area contributed by atoms with Crippen molar-refractivity contribution < 1.29 is 0 Å². The van der Waals surface area contributed by atoms with Crippen molar-refractivity contribution >= 4 is 17.5 Å². The third kappa shape index (κ3) is 4.40. The first kappa shape index (κ1) is 19.0. The summed E-state index contributed by atoms with van der Waals surface area (Å²) in [5.41, 5.74) is 4.14. The molecule has 2 heterocycles. The van der Waals surface area contributed by atoms with Gasteiger partial charge in [-0.25, -0.2) is 4.98 Å². The zero-order valence-electron chi connectivity index (χ0n) is 17.3. The van der Waals surface area contributed by atoms with Gasteiger partial charge < -0.3 is 15.1 Å². The van der Waals surface area contributed by atoms with Gasteiger partial charge in [-0.1, -0.05) is 37.8 Å². The van der Waals surface area contributed by atoms with Crippen LogP contribution < -0.4 is 15.1 Å². The van der Waals surface area contributed by atoms with E-state index in [0.29, 0.717) is 6.04 Å². The van der Waals surface area contributed by atoms with E-state index in [9.17, 15) is 0 Å². The maximum absolute atomic E-state index is 4.84. The third-order valence-corrected chi connectivity index (χ3v) is 6.35. The molecule has 4 rings (SSSR count). The molecular weight excluding hydrogens is 346 g/mol. The highest BCUT2D eigenvalue weighted by Gasteiger charge is 2.20. The molecule has 0 unspecified atom stereocenters. The van der Waals surface area contributed by atoms with Gasteiger partial charge in [-0.2, -0.15) is 4.98 Å². The van der Waals surface area contributed by atoms with Gasteiger partial charge in [0, 0.05) is 44.1 Å². The topological polar surface area (TPSA) is 44.3 Å². The maximum Gasteiger partial charge on any atom is 0.224 e. The zero-order valence-corrected chi connectivity index (χ0v) is 17.3. The Bertz CT molecular complexity index is 774. The maximum atomic E-state index is 4.84. The van der Waals surface area contributed by atoms with Crippen LogP contribution in [0.5, 0.6) is 0 Å². The fourth-order valence-electron chi connectivity index (χ4n) is 4.46. The number of aryl methyl sites for hydroxylation is 1. The minimum Gasteiger partial charge on any atom is -0.368 e. The average Bonchev–Trinajstić information content (AvgIpc) is 2.99. The van der Waals surface area contributed by atoms with Gasteiger partial charge in [0.15, 0.2) is 0 Å². The molecule has 1 aromatic heterocycles. The van der Waals surface area contributed by atoms with Crippen molar-refractivity contribution in [3.05, 3.63) is 41.6 Å². The summed E-state index contributed by atoms with van der Waals surface area (Å²) in [6.45, 7) is 8.46. The van der Waals surface area contributed by atoms with Gasteiger partial charge >= 0.3 is 0 Å². The Balaban J connectivity index is 1.38. The summed E-state index contributed by atoms with van der Waals surface area (Å²) >= 11 is 0. The number of hydrogen-bond donors (Lipinski definition) is 1. The second kappa shape index (κ2) is 8.80. The van der Waals surface area contributed by atoms with E-state index in [1.807, 2.05) is 12.3 Å². The molecule has 1 N–H and O–H groups in total. The van der Waals surface area contributed by atoms with Crippen LogP contribution in [0.2, 0.25) is 0 Å². The lowest BCUT2D eigenvalue weighted by molar-refractivity contribution is 0.613. The molecule has 28 heavy (non-hydrogen) atoms. The predicted molar refractivity (Wildman–Crippen MR) is 117 cm³/mol. The Morgan fingerprint density at radius 1 is 0.893 bits per heavy atom. The first-order valence-electron chi connectivity index (χ1n) is 10.9. The van der Waals surface area contributed by atoms with Gasteiger partial charge in [-0.3, -0.25) is 0 Å². The number of nitrogens with one attached hydrogen (secondary N) is 1. The number of rotatable bonds is 4. The van der Waals surface area contributed by atoms with E-state index in [1.165, 1.54) is 55.3 Å². The van der Waals surface area contributed by atoms with Crippen LogP contribution in [0.4, 0.5) is 17.5 Å². The molecule has 2 fully saturated rings. The molecule has 0 bridgehead atoms. The molecule has 1 aliphatic heterocycles. The van der Waals surface area contributed by atoms with Crippen LogP contribution in [0.3, 0.4) is 0 Å². The molecule has 5 heteroatoms. The summed E-state index contributed by atoms with van der Waals surface area (Å²) in [7, 11) is 0. The van der Waals surface area contributed by atoms with Crippen LogP contribution in [0, 0.1) is 13.8 Å². The summed E-state index contributed by atoms with van der Waals surface area (Å²) < 4.78 is 0. The molecule has 1 aromatic carbocycles. The summed E-state index contributed by atoms with van der Waals surface area (Å²) in [4.78, 5) is 14.2. The van der Waals surface area contributed by atoms with Crippen LogP contribution in [0.15, 0.2) is 30.5 Å². The number of aromatic nitrogens is 2. The summed E-state index contributed by atoms with van der Waals surface area (Å²) in [5.74, 6) is 1.84. The Morgan fingerprint density at radius 2 is 1.61 bits per heavy atom. The SMILES string of the molecule is Cc1cccc(N2CCN(c3ccnc(NC4CCCCCC4)n3)CC2)c1C. The summed E-state index contributed by atoms with van der Waals surface area (Å²) in [6, 6.07) is 9.18. The van der Waals surface area contributed by atoms with Crippen molar-refractivity contribution in [2.24, 2.45) is 0 Å². The zero-order chi connectivity index (χ0) is 19.3. The smallest absolute Gasteiger partial charge is 0.224 e. The Morgan fingerprint density at radius 3 is 2.36 bits per heavy atom. The van der Waals surface area contributed by atoms with Gasteiger partial charge in [0.1, 0.15) is 5.82 Å². The van der Waals surface area contributed by atoms with Crippen molar-refractivity contribution in [1.29, 1.82) is 0 Å². The second-order valence-electron chi connectivity index (χ2n) is 8.26. The van der Waals surface area contributed by atoms with Gasteiger partial charge in [-0.05, 0) is 49.9 Å². The lowest BCUT2D eigenvalue weighted by Gasteiger charge is -2.37. The average molecular weight is 380 g/mol. The highest BCUT2D eigenvalue weighted by atomic mass is 15.3. The molecule has 1 saturated heterocycles. The van der Waals surface area contributed by atoms with E-state index in [4.69, 9.17) is 4.98 Å². The third-order valence-electron chi connectivity index (χ3n) is 6.35. The predicted octanol–water partition coefficient (Wildman–Crippen LogP) is 4.55. The Labute approximate surface area is 169 Å². The van der Waals surface area contributed by atoms with Crippen molar-refractivity contribution in [1.82, 2.24) is 9.97 Å². The number of nitrogens with zero attached hydrogens (tertiary/aromatic N) is 4. The van der Waals surface area contributed by atoms with Crippen LogP contribution in [0.25, 0.3) is 0 Å². The first-order chi connectivity index (χ1) is 13.7. The summed E-state index contributed by atoms with van der Waals surface area (Å²) in [5, 5.41) is 3.59. The Hall–Kier alpha value is -2.30. The standard InChI is InChI=1S/C23H33N5/c1-18-8-7-11-21(19(18)2)27-14-16-28(17-15-27)22-12-13-24-23(26-22)25-20-9-5-3-4-6-10-20/h7-8,11-13,20H,3-6,9-10,14-17H2,1-2H3,(H,24,25,26). The molecule has 5 nitrogen and oxygen atoms in total. The lowest BCUT2D eigenvalue weighted by atomic mass is 10.1.